The third-order valence-electron chi connectivity index (χ3n) is 7.76. The molecule has 0 fully saturated rings. The van der Waals surface area contributed by atoms with E-state index in [-0.39, 0.29) is 6.04 Å². The SMILES string of the molecule is CCN(CC)c1ccc(NC2=Nc3ccccc3N3C2=Nc2c(c(C)nn2-c2ccccc2)[C@@H]3c2ccc(Br)o2)cc1. The Bertz CT molecular complexity index is 1820. The van der Waals surface area contributed by atoms with Gasteiger partial charge in [-0.3, -0.25) is 0 Å². The van der Waals surface area contributed by atoms with Crippen molar-refractivity contribution >= 4 is 56.2 Å². The molecule has 8 nitrogen and oxygen atoms in total. The van der Waals surface area contributed by atoms with E-state index in [0.717, 1.165) is 58.7 Å². The van der Waals surface area contributed by atoms with E-state index in [2.05, 4.69) is 75.2 Å². The Balaban J connectivity index is 1.41. The fourth-order valence-electron chi connectivity index (χ4n) is 5.77. The van der Waals surface area contributed by atoms with Crippen LogP contribution in [0, 0.1) is 6.92 Å². The minimum atomic E-state index is -0.310. The zero-order valence-corrected chi connectivity index (χ0v) is 25.2. The van der Waals surface area contributed by atoms with Gasteiger partial charge in [0, 0.05) is 24.5 Å². The molecular weight excluding hydrogens is 590 g/mol. The van der Waals surface area contributed by atoms with Gasteiger partial charge in [-0.25, -0.2) is 14.7 Å². The van der Waals surface area contributed by atoms with Crippen LogP contribution in [0.5, 0.6) is 0 Å². The first-order valence-corrected chi connectivity index (χ1v) is 14.9. The average molecular weight is 621 g/mol. The maximum Gasteiger partial charge on any atom is 0.179 e. The van der Waals surface area contributed by atoms with E-state index < -0.39 is 0 Å². The van der Waals surface area contributed by atoms with E-state index in [1.54, 1.807) is 0 Å². The van der Waals surface area contributed by atoms with Crippen LogP contribution >= 0.6 is 15.9 Å². The Hall–Kier alpha value is -4.63. The van der Waals surface area contributed by atoms with Gasteiger partial charge in [-0.1, -0.05) is 30.3 Å². The predicted molar refractivity (Wildman–Crippen MR) is 173 cm³/mol. The molecule has 1 N–H and O–H groups in total. The van der Waals surface area contributed by atoms with Crippen molar-refractivity contribution in [1.29, 1.82) is 0 Å². The summed E-state index contributed by atoms with van der Waals surface area (Å²) in [7, 11) is 0. The first kappa shape index (κ1) is 26.3. The van der Waals surface area contributed by atoms with Gasteiger partial charge in [0.05, 0.1) is 28.3 Å². The monoisotopic (exact) mass is 619 g/mol. The number of halogens is 1. The van der Waals surface area contributed by atoms with Gasteiger partial charge in [0.15, 0.2) is 22.2 Å². The van der Waals surface area contributed by atoms with Crippen LogP contribution in [-0.2, 0) is 0 Å². The van der Waals surface area contributed by atoms with E-state index >= 15 is 0 Å². The summed E-state index contributed by atoms with van der Waals surface area (Å²) in [6.07, 6.45) is 0. The van der Waals surface area contributed by atoms with Crippen LogP contribution in [0.25, 0.3) is 5.69 Å². The summed E-state index contributed by atoms with van der Waals surface area (Å²) in [6, 6.07) is 30.3. The van der Waals surface area contributed by atoms with Gasteiger partial charge in [0.1, 0.15) is 11.8 Å². The summed E-state index contributed by atoms with van der Waals surface area (Å²) >= 11 is 3.53. The van der Waals surface area contributed by atoms with Crippen molar-refractivity contribution in [2.45, 2.75) is 26.8 Å². The van der Waals surface area contributed by atoms with Crippen LogP contribution in [0.3, 0.4) is 0 Å². The third-order valence-corrected chi connectivity index (χ3v) is 8.19. The lowest BCUT2D eigenvalue weighted by atomic mass is 9.98. The molecule has 42 heavy (non-hydrogen) atoms. The fourth-order valence-corrected chi connectivity index (χ4v) is 6.09. The van der Waals surface area contributed by atoms with E-state index in [4.69, 9.17) is 19.5 Å². The number of para-hydroxylation sites is 3. The van der Waals surface area contributed by atoms with Crippen molar-refractivity contribution in [3.63, 3.8) is 0 Å². The van der Waals surface area contributed by atoms with E-state index in [1.165, 1.54) is 5.69 Å². The Kier molecular flexibility index (Phi) is 6.66. The lowest BCUT2D eigenvalue weighted by Crippen LogP contribution is -2.46. The average Bonchev–Trinajstić information content (AvgIpc) is 3.60. The maximum atomic E-state index is 6.24. The second-order valence-electron chi connectivity index (χ2n) is 10.2. The Labute approximate surface area is 253 Å². The lowest BCUT2D eigenvalue weighted by Gasteiger charge is -2.39. The van der Waals surface area contributed by atoms with Crippen LogP contribution in [0.2, 0.25) is 0 Å². The zero-order valence-electron chi connectivity index (χ0n) is 23.6. The molecule has 0 radical (unpaired) electrons. The van der Waals surface area contributed by atoms with Crippen molar-refractivity contribution in [3.05, 3.63) is 113 Å². The molecule has 0 unspecified atom stereocenters. The fraction of sp³-hybridized carbons (Fsp3) is 0.182. The number of fused-ring (bicyclic) bond motifs is 4. The van der Waals surface area contributed by atoms with E-state index in [9.17, 15) is 0 Å². The largest absolute Gasteiger partial charge is 0.452 e. The number of nitrogens with zero attached hydrogens (tertiary/aromatic N) is 6. The van der Waals surface area contributed by atoms with Crippen LogP contribution in [0.15, 0.2) is 110 Å². The van der Waals surface area contributed by atoms with Crippen molar-refractivity contribution in [3.8, 4) is 5.69 Å². The van der Waals surface area contributed by atoms with Crippen LogP contribution in [0.1, 0.15) is 36.9 Å². The lowest BCUT2D eigenvalue weighted by molar-refractivity contribution is 0.468. The van der Waals surface area contributed by atoms with Gasteiger partial charge < -0.3 is 19.5 Å². The highest BCUT2D eigenvalue weighted by molar-refractivity contribution is 9.10. The standard InChI is InChI=1S/C33H30BrN7O/c1-4-39(5-2)23-17-15-22(16-18-23)35-31-33-37-32-29(21(3)38-41(32)24-11-7-6-8-12-24)30(27-19-20-28(34)42-27)40(33)26-14-10-9-13-25(26)36-31/h6-20,30H,4-5H2,1-3H3,(H,35,36)/t30-/m0/s1. The molecular formula is C33H30BrN7O. The van der Waals surface area contributed by atoms with Gasteiger partial charge in [0.25, 0.3) is 0 Å². The van der Waals surface area contributed by atoms with E-state index in [0.29, 0.717) is 16.3 Å². The highest BCUT2D eigenvalue weighted by atomic mass is 79.9. The predicted octanol–water partition coefficient (Wildman–Crippen LogP) is 8.18. The van der Waals surface area contributed by atoms with Gasteiger partial charge in [-0.15, -0.1) is 0 Å². The van der Waals surface area contributed by atoms with Gasteiger partial charge in [-0.2, -0.15) is 5.10 Å². The molecule has 210 valence electrons. The van der Waals surface area contributed by atoms with Crippen molar-refractivity contribution in [2.24, 2.45) is 9.98 Å². The number of aryl methyl sites for hydroxylation is 1. The van der Waals surface area contributed by atoms with E-state index in [1.807, 2.05) is 72.3 Å². The summed E-state index contributed by atoms with van der Waals surface area (Å²) in [6.45, 7) is 8.29. The number of hydrogen-bond acceptors (Lipinski definition) is 7. The van der Waals surface area contributed by atoms with Crippen molar-refractivity contribution in [1.82, 2.24) is 9.78 Å². The minimum Gasteiger partial charge on any atom is -0.452 e. The number of aliphatic imine (C=N–C) groups is 2. The maximum absolute atomic E-state index is 6.24. The van der Waals surface area contributed by atoms with Crippen molar-refractivity contribution < 1.29 is 4.42 Å². The molecule has 2 aromatic heterocycles. The molecule has 3 aromatic carbocycles. The molecule has 2 aliphatic rings. The number of amidine groups is 2. The number of furan rings is 1. The number of anilines is 3. The molecule has 5 aromatic rings. The summed E-state index contributed by atoms with van der Waals surface area (Å²) < 4.78 is 8.82. The Morgan fingerprint density at radius 3 is 2.33 bits per heavy atom. The number of nitrogens with one attached hydrogen (secondary N) is 1. The normalized spacial score (nSPS) is 15.3. The van der Waals surface area contributed by atoms with Crippen LogP contribution < -0.4 is 15.1 Å². The van der Waals surface area contributed by atoms with Crippen molar-refractivity contribution in [2.75, 3.05) is 28.2 Å². The molecule has 4 heterocycles. The zero-order chi connectivity index (χ0) is 28.8. The van der Waals surface area contributed by atoms with Gasteiger partial charge in [-0.05, 0) is 97.4 Å². The first-order chi connectivity index (χ1) is 20.6. The summed E-state index contributed by atoms with van der Waals surface area (Å²) in [5.74, 6) is 2.90. The molecule has 0 saturated carbocycles. The molecule has 7 rings (SSSR count). The first-order valence-electron chi connectivity index (χ1n) is 14.1. The summed E-state index contributed by atoms with van der Waals surface area (Å²) in [4.78, 5) is 14.9. The Morgan fingerprint density at radius 1 is 0.881 bits per heavy atom. The Morgan fingerprint density at radius 2 is 1.62 bits per heavy atom. The molecule has 2 aliphatic heterocycles. The number of hydrogen-bond donors (Lipinski definition) is 1. The second-order valence-corrected chi connectivity index (χ2v) is 11.0. The highest BCUT2D eigenvalue weighted by Crippen LogP contribution is 2.48. The molecule has 0 bridgehead atoms. The molecule has 9 heteroatoms. The highest BCUT2D eigenvalue weighted by Gasteiger charge is 2.42. The molecule has 1 atom stereocenters. The van der Waals surface area contributed by atoms with Gasteiger partial charge in [0.2, 0.25) is 0 Å². The number of aromatic nitrogens is 2. The smallest absolute Gasteiger partial charge is 0.179 e. The second kappa shape index (κ2) is 10.6. The molecule has 0 aliphatic carbocycles. The minimum absolute atomic E-state index is 0.310. The third kappa shape index (κ3) is 4.41. The molecule has 0 amide bonds. The topological polar surface area (TPSA) is 74.2 Å². The molecule has 0 spiro atoms. The summed E-state index contributed by atoms with van der Waals surface area (Å²) in [5, 5.41) is 8.56. The number of rotatable bonds is 6. The number of benzene rings is 3. The quantitative estimate of drug-likeness (QED) is 0.207. The molecule has 0 saturated heterocycles. The van der Waals surface area contributed by atoms with Gasteiger partial charge >= 0.3 is 0 Å². The summed E-state index contributed by atoms with van der Waals surface area (Å²) in [5.41, 5.74) is 6.74. The van der Waals surface area contributed by atoms with Crippen LogP contribution in [0.4, 0.5) is 28.6 Å². The van der Waals surface area contributed by atoms with Crippen LogP contribution in [-0.4, -0.2) is 34.5 Å².